The van der Waals surface area contributed by atoms with Gasteiger partial charge in [-0.25, -0.2) is 15.0 Å². The number of para-hydroxylation sites is 1. The smallest absolute Gasteiger partial charge is 0.426 e. The van der Waals surface area contributed by atoms with Crippen molar-refractivity contribution in [2.75, 3.05) is 6.61 Å². The lowest BCUT2D eigenvalue weighted by atomic mass is 9.98. The van der Waals surface area contributed by atoms with Crippen molar-refractivity contribution in [3.8, 4) is 11.1 Å². The second-order valence-electron chi connectivity index (χ2n) is 10.3. The summed E-state index contributed by atoms with van der Waals surface area (Å²) in [5.41, 5.74) is 11.6. The molecule has 0 bridgehead atoms. The van der Waals surface area contributed by atoms with Crippen molar-refractivity contribution in [2.45, 2.75) is 25.0 Å². The van der Waals surface area contributed by atoms with E-state index < -0.39 is 24.1 Å². The van der Waals surface area contributed by atoms with Gasteiger partial charge in [0.05, 0.1) is 0 Å². The summed E-state index contributed by atoms with van der Waals surface area (Å²) in [6, 6.07) is 31.9. The van der Waals surface area contributed by atoms with Crippen LogP contribution in [0.5, 0.6) is 0 Å². The number of fused-ring (bicyclic) bond motifs is 4. The van der Waals surface area contributed by atoms with Gasteiger partial charge < -0.3 is 19.8 Å². The molecule has 0 unspecified atom stereocenters. The molecular weight excluding hydrogens is 544 g/mol. The summed E-state index contributed by atoms with van der Waals surface area (Å²) in [4.78, 5) is 41.8. The first-order valence-electron chi connectivity index (χ1n) is 14.0. The molecule has 43 heavy (non-hydrogen) atoms. The number of nitrogens with one attached hydrogen (secondary N) is 4. The molecule has 9 nitrogen and oxygen atoms in total. The Balaban J connectivity index is 1.09. The minimum Gasteiger partial charge on any atom is -0.447 e. The number of alkyl carbamates (subject to hydrolysis) is 1. The van der Waals surface area contributed by atoms with Crippen molar-refractivity contribution >= 4 is 29.0 Å². The SMILES string of the molecule is O=C(NNC(=O)[C@H](Cc1c[nH]c2ccccc12)NC(=O)OCc1ccccc1)OCC1c2ccccc2-c2ccccc21. The van der Waals surface area contributed by atoms with Gasteiger partial charge in [0.15, 0.2) is 0 Å². The second kappa shape index (κ2) is 12.5. The molecule has 0 fully saturated rings. The lowest BCUT2D eigenvalue weighted by molar-refractivity contribution is -0.123. The van der Waals surface area contributed by atoms with Crippen LogP contribution in [0.4, 0.5) is 9.59 Å². The minimum atomic E-state index is -1.05. The first-order chi connectivity index (χ1) is 21.1. The van der Waals surface area contributed by atoms with Crippen molar-refractivity contribution in [1.29, 1.82) is 0 Å². The number of ether oxygens (including phenoxy) is 2. The van der Waals surface area contributed by atoms with Crippen LogP contribution >= 0.6 is 0 Å². The molecule has 0 radical (unpaired) electrons. The highest BCUT2D eigenvalue weighted by Crippen LogP contribution is 2.44. The molecule has 1 atom stereocenters. The average molecular weight is 575 g/mol. The van der Waals surface area contributed by atoms with Crippen molar-refractivity contribution in [3.05, 3.63) is 132 Å². The Labute approximate surface area is 248 Å². The highest BCUT2D eigenvalue weighted by Gasteiger charge is 2.29. The molecule has 0 saturated heterocycles. The first kappa shape index (κ1) is 27.6. The quantitative estimate of drug-likeness (QED) is 0.181. The molecule has 0 saturated carbocycles. The maximum absolute atomic E-state index is 13.2. The predicted octanol–water partition coefficient (Wildman–Crippen LogP) is 5.58. The lowest BCUT2D eigenvalue weighted by Crippen LogP contribution is -2.53. The van der Waals surface area contributed by atoms with E-state index in [1.54, 1.807) is 6.20 Å². The summed E-state index contributed by atoms with van der Waals surface area (Å²) in [5, 5.41) is 3.55. The van der Waals surface area contributed by atoms with Gasteiger partial charge in [-0.1, -0.05) is 97.1 Å². The van der Waals surface area contributed by atoms with E-state index in [1.807, 2.05) is 91.0 Å². The number of hydrazine groups is 1. The fourth-order valence-corrected chi connectivity index (χ4v) is 5.47. The predicted molar refractivity (Wildman–Crippen MR) is 162 cm³/mol. The summed E-state index contributed by atoms with van der Waals surface area (Å²) in [7, 11) is 0. The highest BCUT2D eigenvalue weighted by atomic mass is 16.6. The van der Waals surface area contributed by atoms with E-state index in [2.05, 4.69) is 33.3 Å². The first-order valence-corrected chi connectivity index (χ1v) is 14.0. The zero-order valence-corrected chi connectivity index (χ0v) is 23.2. The number of H-pyrrole nitrogens is 1. The van der Waals surface area contributed by atoms with Crippen molar-refractivity contribution in [3.63, 3.8) is 0 Å². The maximum atomic E-state index is 13.2. The fraction of sp³-hybridized carbons (Fsp3) is 0.147. The number of hydrogen-bond donors (Lipinski definition) is 4. The van der Waals surface area contributed by atoms with Crippen LogP contribution in [0.3, 0.4) is 0 Å². The van der Waals surface area contributed by atoms with Gasteiger partial charge in [0, 0.05) is 29.4 Å². The third-order valence-corrected chi connectivity index (χ3v) is 7.55. The molecule has 1 heterocycles. The number of carbonyl (C=O) groups is 3. The van der Waals surface area contributed by atoms with Gasteiger partial charge in [0.1, 0.15) is 19.3 Å². The third-order valence-electron chi connectivity index (χ3n) is 7.55. The van der Waals surface area contributed by atoms with E-state index in [-0.39, 0.29) is 25.6 Å². The minimum absolute atomic E-state index is 0.0477. The Bertz CT molecular complexity index is 1720. The summed E-state index contributed by atoms with van der Waals surface area (Å²) < 4.78 is 10.9. The van der Waals surface area contributed by atoms with E-state index in [1.165, 1.54) is 0 Å². The fourth-order valence-electron chi connectivity index (χ4n) is 5.47. The Morgan fingerprint density at radius 2 is 1.37 bits per heavy atom. The Hall–Kier alpha value is -5.57. The van der Waals surface area contributed by atoms with Gasteiger partial charge in [0.25, 0.3) is 5.91 Å². The number of carbonyl (C=O) groups excluding carboxylic acids is 3. The Kier molecular flexibility index (Phi) is 8.04. The van der Waals surface area contributed by atoms with Crippen LogP contribution in [0, 0.1) is 0 Å². The van der Waals surface area contributed by atoms with E-state index in [0.717, 1.165) is 44.3 Å². The summed E-state index contributed by atoms with van der Waals surface area (Å²) in [6.07, 6.45) is 0.376. The average Bonchev–Trinajstić information content (AvgIpc) is 3.60. The Morgan fingerprint density at radius 1 is 0.721 bits per heavy atom. The van der Waals surface area contributed by atoms with E-state index in [9.17, 15) is 14.4 Å². The molecule has 0 aliphatic heterocycles. The van der Waals surface area contributed by atoms with Crippen LogP contribution in [0.1, 0.15) is 28.2 Å². The lowest BCUT2D eigenvalue weighted by Gasteiger charge is -2.19. The molecule has 5 aromatic rings. The van der Waals surface area contributed by atoms with Crippen LogP contribution in [-0.4, -0.2) is 35.7 Å². The summed E-state index contributed by atoms with van der Waals surface area (Å²) >= 11 is 0. The normalized spacial score (nSPS) is 12.6. The van der Waals surface area contributed by atoms with Gasteiger partial charge in [-0.15, -0.1) is 0 Å². The summed E-state index contributed by atoms with van der Waals surface area (Å²) in [6.45, 7) is 0.144. The zero-order valence-electron chi connectivity index (χ0n) is 23.2. The molecule has 4 N–H and O–H groups in total. The van der Waals surface area contributed by atoms with E-state index in [0.29, 0.717) is 0 Å². The van der Waals surface area contributed by atoms with Crippen molar-refractivity contribution in [2.24, 2.45) is 0 Å². The number of benzene rings is 4. The number of aromatic nitrogens is 1. The molecule has 3 amide bonds. The highest BCUT2D eigenvalue weighted by molar-refractivity contribution is 5.89. The van der Waals surface area contributed by atoms with Gasteiger partial charge in [-0.3, -0.25) is 10.2 Å². The standard InChI is InChI=1S/C34H30N4O5/c39-32(37-38-34(41)43-21-29-27-15-6-4-13-25(27)26-14-5-7-16-28(26)29)31(18-23-19-35-30-17-9-8-12-24(23)30)36-33(40)42-20-22-10-2-1-3-11-22/h1-17,19,29,31,35H,18,20-21H2,(H,36,40)(H,37,39)(H,38,41)/t31-/m0/s1. The van der Waals surface area contributed by atoms with E-state index in [4.69, 9.17) is 9.47 Å². The molecule has 1 aliphatic carbocycles. The topological polar surface area (TPSA) is 122 Å². The van der Waals surface area contributed by atoms with Gasteiger partial charge in [0.2, 0.25) is 0 Å². The largest absolute Gasteiger partial charge is 0.447 e. The van der Waals surface area contributed by atoms with E-state index >= 15 is 0 Å². The van der Waals surface area contributed by atoms with Gasteiger partial charge in [-0.2, -0.15) is 0 Å². The third kappa shape index (κ3) is 6.20. The molecule has 1 aliphatic rings. The molecule has 4 aromatic carbocycles. The molecule has 6 rings (SSSR count). The molecule has 1 aromatic heterocycles. The van der Waals surface area contributed by atoms with Gasteiger partial charge >= 0.3 is 12.2 Å². The monoisotopic (exact) mass is 574 g/mol. The van der Waals surface area contributed by atoms with Crippen molar-refractivity contribution < 1.29 is 23.9 Å². The maximum Gasteiger partial charge on any atom is 0.426 e. The number of amides is 3. The second-order valence-corrected chi connectivity index (χ2v) is 10.3. The number of aromatic amines is 1. The zero-order chi connectivity index (χ0) is 29.6. The number of hydrogen-bond acceptors (Lipinski definition) is 5. The van der Waals surface area contributed by atoms with Crippen molar-refractivity contribution in [1.82, 2.24) is 21.2 Å². The van der Waals surface area contributed by atoms with Crippen LogP contribution in [-0.2, 0) is 27.3 Å². The number of rotatable bonds is 8. The van der Waals surface area contributed by atoms with Gasteiger partial charge in [-0.05, 0) is 39.4 Å². The Morgan fingerprint density at radius 3 is 2.12 bits per heavy atom. The molecule has 9 heteroatoms. The van der Waals surface area contributed by atoms with Crippen LogP contribution in [0.15, 0.2) is 109 Å². The van der Waals surface area contributed by atoms with Crippen LogP contribution < -0.4 is 16.2 Å². The van der Waals surface area contributed by atoms with Crippen LogP contribution in [0.25, 0.3) is 22.0 Å². The molecular formula is C34H30N4O5. The molecule has 0 spiro atoms. The van der Waals surface area contributed by atoms with Crippen LogP contribution in [0.2, 0.25) is 0 Å². The summed E-state index contributed by atoms with van der Waals surface area (Å²) in [5.74, 6) is -0.750. The molecule has 216 valence electrons.